The Morgan fingerprint density at radius 2 is 1.90 bits per heavy atom. The van der Waals surface area contributed by atoms with Gasteiger partial charge < -0.3 is 20.4 Å². The number of nitrogens with one attached hydrogen (secondary N) is 1. The minimum Gasteiger partial charge on any atom is -0.481 e. The summed E-state index contributed by atoms with van der Waals surface area (Å²) in [5.41, 5.74) is -0.651. The van der Waals surface area contributed by atoms with Crippen LogP contribution in [0.25, 0.3) is 0 Å². The number of urea groups is 1. The topological polar surface area (TPSA) is 89.9 Å². The Hall–Kier alpha value is -1.30. The van der Waals surface area contributed by atoms with E-state index in [2.05, 4.69) is 5.32 Å². The Morgan fingerprint density at radius 1 is 1.30 bits per heavy atom. The van der Waals surface area contributed by atoms with E-state index in [1.807, 2.05) is 6.92 Å². The fourth-order valence-electron chi connectivity index (χ4n) is 2.24. The second-order valence-electron chi connectivity index (χ2n) is 6.04. The van der Waals surface area contributed by atoms with Gasteiger partial charge in [-0.25, -0.2) is 4.79 Å². The van der Waals surface area contributed by atoms with Gasteiger partial charge in [0.05, 0.1) is 5.60 Å². The zero-order valence-electron chi connectivity index (χ0n) is 12.4. The molecule has 0 spiro atoms. The van der Waals surface area contributed by atoms with Crippen LogP contribution in [0.5, 0.6) is 0 Å². The van der Waals surface area contributed by atoms with Crippen LogP contribution in [0.2, 0.25) is 0 Å². The molecule has 0 bridgehead atoms. The number of hydrogen-bond acceptors (Lipinski definition) is 3. The van der Waals surface area contributed by atoms with Crippen molar-refractivity contribution in [1.82, 2.24) is 10.2 Å². The third kappa shape index (κ3) is 6.23. The van der Waals surface area contributed by atoms with Crippen LogP contribution in [0.15, 0.2) is 0 Å². The highest BCUT2D eigenvalue weighted by atomic mass is 16.4. The maximum absolute atomic E-state index is 11.9. The molecule has 1 saturated heterocycles. The summed E-state index contributed by atoms with van der Waals surface area (Å²) in [6.45, 7) is 5.51. The van der Waals surface area contributed by atoms with E-state index in [4.69, 9.17) is 5.11 Å². The van der Waals surface area contributed by atoms with Crippen molar-refractivity contribution < 1.29 is 19.8 Å². The summed E-state index contributed by atoms with van der Waals surface area (Å²) in [4.78, 5) is 24.1. The van der Waals surface area contributed by atoms with E-state index in [0.29, 0.717) is 38.9 Å². The predicted molar refractivity (Wildman–Crippen MR) is 75.5 cm³/mol. The summed E-state index contributed by atoms with van der Waals surface area (Å²) >= 11 is 0. The van der Waals surface area contributed by atoms with Gasteiger partial charge in [-0.05, 0) is 38.5 Å². The Kier molecular flexibility index (Phi) is 6.26. The second kappa shape index (κ2) is 7.47. The molecule has 1 fully saturated rings. The van der Waals surface area contributed by atoms with Crippen molar-refractivity contribution >= 4 is 12.0 Å². The average molecular weight is 286 g/mol. The number of likely N-dealkylation sites (tertiary alicyclic amines) is 1. The van der Waals surface area contributed by atoms with Crippen LogP contribution < -0.4 is 5.32 Å². The summed E-state index contributed by atoms with van der Waals surface area (Å²) < 4.78 is 0. The quantitative estimate of drug-likeness (QED) is 0.689. The van der Waals surface area contributed by atoms with E-state index < -0.39 is 11.6 Å². The van der Waals surface area contributed by atoms with E-state index in [9.17, 15) is 14.7 Å². The second-order valence-corrected chi connectivity index (χ2v) is 6.04. The van der Waals surface area contributed by atoms with Crippen LogP contribution >= 0.6 is 0 Å². The molecule has 1 unspecified atom stereocenters. The van der Waals surface area contributed by atoms with Crippen LogP contribution in [0.3, 0.4) is 0 Å². The zero-order valence-corrected chi connectivity index (χ0v) is 12.4. The fourth-order valence-corrected chi connectivity index (χ4v) is 2.24. The Balaban J connectivity index is 2.16. The lowest BCUT2D eigenvalue weighted by Gasteiger charge is -2.35. The highest BCUT2D eigenvalue weighted by molar-refractivity contribution is 5.74. The van der Waals surface area contributed by atoms with E-state index in [1.54, 1.807) is 11.8 Å². The number of carbonyl (C=O) groups is 2. The predicted octanol–water partition coefficient (Wildman–Crippen LogP) is 1.43. The fraction of sp³-hybridized carbons (Fsp3) is 0.857. The lowest BCUT2D eigenvalue weighted by molar-refractivity contribution is -0.137. The molecule has 0 saturated carbocycles. The monoisotopic (exact) mass is 286 g/mol. The molecule has 0 aromatic carbocycles. The molecule has 1 aliphatic heterocycles. The summed E-state index contributed by atoms with van der Waals surface area (Å²) in [5, 5.41) is 21.3. The van der Waals surface area contributed by atoms with Crippen molar-refractivity contribution in [2.24, 2.45) is 5.92 Å². The first kappa shape index (κ1) is 16.8. The van der Waals surface area contributed by atoms with Gasteiger partial charge in [-0.3, -0.25) is 4.79 Å². The largest absolute Gasteiger partial charge is 0.481 e. The number of rotatable bonds is 6. The van der Waals surface area contributed by atoms with Gasteiger partial charge >= 0.3 is 12.0 Å². The maximum atomic E-state index is 11.9. The van der Waals surface area contributed by atoms with E-state index in [1.165, 1.54) is 0 Å². The van der Waals surface area contributed by atoms with Crippen molar-refractivity contribution in [2.75, 3.05) is 19.6 Å². The number of aliphatic hydroxyl groups is 1. The highest BCUT2D eigenvalue weighted by Crippen LogP contribution is 2.20. The van der Waals surface area contributed by atoms with Crippen LogP contribution in [-0.2, 0) is 4.79 Å². The zero-order chi connectivity index (χ0) is 15.2. The smallest absolute Gasteiger partial charge is 0.317 e. The lowest BCUT2D eigenvalue weighted by atomic mass is 9.94. The number of amides is 2. The number of piperidine rings is 1. The van der Waals surface area contributed by atoms with Gasteiger partial charge in [0, 0.05) is 26.1 Å². The van der Waals surface area contributed by atoms with E-state index in [-0.39, 0.29) is 18.4 Å². The van der Waals surface area contributed by atoms with Crippen molar-refractivity contribution in [2.45, 2.75) is 51.6 Å². The maximum Gasteiger partial charge on any atom is 0.317 e. The molecule has 2 amide bonds. The molecule has 116 valence electrons. The number of aliphatic carboxylic acids is 1. The van der Waals surface area contributed by atoms with Gasteiger partial charge in [-0.15, -0.1) is 0 Å². The summed E-state index contributed by atoms with van der Waals surface area (Å²) in [5.74, 6) is -0.491. The normalized spacial score (nSPS) is 19.4. The first-order valence-electron chi connectivity index (χ1n) is 7.27. The van der Waals surface area contributed by atoms with Gasteiger partial charge in [0.15, 0.2) is 0 Å². The Morgan fingerprint density at radius 3 is 2.45 bits per heavy atom. The number of carboxylic acid groups (broad SMARTS) is 1. The van der Waals surface area contributed by atoms with E-state index >= 15 is 0 Å². The molecule has 1 heterocycles. The first-order chi connectivity index (χ1) is 9.30. The number of hydrogen-bond donors (Lipinski definition) is 3. The Bertz CT molecular complexity index is 334. The van der Waals surface area contributed by atoms with Crippen molar-refractivity contribution in [3.05, 3.63) is 0 Å². The highest BCUT2D eigenvalue weighted by Gasteiger charge is 2.29. The van der Waals surface area contributed by atoms with Crippen LogP contribution in [-0.4, -0.2) is 52.3 Å². The molecular weight excluding hydrogens is 260 g/mol. The number of carbonyl (C=O) groups excluding carboxylic acids is 1. The molecule has 6 nitrogen and oxygen atoms in total. The van der Waals surface area contributed by atoms with Crippen molar-refractivity contribution in [3.8, 4) is 0 Å². The molecule has 6 heteroatoms. The van der Waals surface area contributed by atoms with E-state index in [0.717, 1.165) is 6.42 Å². The molecule has 1 aliphatic rings. The minimum atomic E-state index is -0.777. The SMILES string of the molecule is CC(CCNC(=O)N1CCC(C)(O)CC1)CCC(=O)O. The lowest BCUT2D eigenvalue weighted by Crippen LogP contribution is -2.49. The number of nitrogens with zero attached hydrogens (tertiary/aromatic N) is 1. The van der Waals surface area contributed by atoms with Crippen LogP contribution in [0, 0.1) is 5.92 Å². The third-order valence-electron chi connectivity index (χ3n) is 3.89. The molecule has 3 N–H and O–H groups in total. The van der Waals surface area contributed by atoms with Crippen molar-refractivity contribution in [3.63, 3.8) is 0 Å². The van der Waals surface area contributed by atoms with Gasteiger partial charge in [0.2, 0.25) is 0 Å². The standard InChI is InChI=1S/C14H26N2O4/c1-11(3-4-12(17)18)5-8-15-13(19)16-9-6-14(2,20)7-10-16/h11,20H,3-10H2,1-2H3,(H,15,19)(H,17,18). The molecule has 1 rings (SSSR count). The molecule has 0 radical (unpaired) electrons. The number of carboxylic acids is 1. The summed E-state index contributed by atoms with van der Waals surface area (Å²) in [6.07, 6.45) is 2.81. The Labute approximate surface area is 120 Å². The van der Waals surface area contributed by atoms with Gasteiger partial charge in [0.25, 0.3) is 0 Å². The molecule has 1 atom stereocenters. The summed E-state index contributed by atoms with van der Waals surface area (Å²) in [6, 6.07) is -0.0917. The first-order valence-corrected chi connectivity index (χ1v) is 7.27. The summed E-state index contributed by atoms with van der Waals surface area (Å²) in [7, 11) is 0. The molecular formula is C14H26N2O4. The molecule has 0 aromatic heterocycles. The molecule has 20 heavy (non-hydrogen) atoms. The van der Waals surface area contributed by atoms with Crippen molar-refractivity contribution in [1.29, 1.82) is 0 Å². The minimum absolute atomic E-state index is 0.0917. The third-order valence-corrected chi connectivity index (χ3v) is 3.89. The van der Waals surface area contributed by atoms with Crippen LogP contribution in [0.1, 0.15) is 46.0 Å². The van der Waals surface area contributed by atoms with Gasteiger partial charge in [-0.1, -0.05) is 6.92 Å². The van der Waals surface area contributed by atoms with Gasteiger partial charge in [0.1, 0.15) is 0 Å². The van der Waals surface area contributed by atoms with Crippen LogP contribution in [0.4, 0.5) is 4.79 Å². The molecule has 0 aromatic rings. The molecule has 0 aliphatic carbocycles. The average Bonchev–Trinajstić information content (AvgIpc) is 2.36. The van der Waals surface area contributed by atoms with Gasteiger partial charge in [-0.2, -0.15) is 0 Å².